The van der Waals surface area contributed by atoms with Crippen molar-refractivity contribution in [3.8, 4) is 0 Å². The lowest BCUT2D eigenvalue weighted by Gasteiger charge is -2.46. The van der Waals surface area contributed by atoms with Crippen molar-refractivity contribution in [2.24, 2.45) is 0 Å². The Balaban J connectivity index is 1.45. The smallest absolute Gasteiger partial charge is 0.255 e. The molecule has 0 bridgehead atoms. The van der Waals surface area contributed by atoms with Crippen molar-refractivity contribution in [3.63, 3.8) is 0 Å². The van der Waals surface area contributed by atoms with E-state index in [0.717, 1.165) is 0 Å². The summed E-state index contributed by atoms with van der Waals surface area (Å²) in [5.74, 6) is -2.68. The SMILES string of the molecule is O=C(Nc1ccc(C2(c3nc4ncc(Cl)cc4[nH]3)CC(F)(F)C2)cc1)c1cccc(Cl)c1. The molecule has 1 aliphatic rings. The molecule has 0 aliphatic heterocycles. The summed E-state index contributed by atoms with van der Waals surface area (Å²) in [6.07, 6.45) is 0.720. The predicted octanol–water partition coefficient (Wildman–Crippen LogP) is 6.23. The van der Waals surface area contributed by atoms with Gasteiger partial charge in [0.25, 0.3) is 11.8 Å². The molecule has 9 heteroatoms. The van der Waals surface area contributed by atoms with Gasteiger partial charge in [-0.05, 0) is 42.0 Å². The Kier molecular flexibility index (Phi) is 4.91. The van der Waals surface area contributed by atoms with E-state index in [0.29, 0.717) is 43.8 Å². The number of nitrogens with zero attached hydrogens (tertiary/aromatic N) is 2. The zero-order valence-corrected chi connectivity index (χ0v) is 18.0. The Bertz CT molecular complexity index is 1330. The van der Waals surface area contributed by atoms with E-state index in [2.05, 4.69) is 20.3 Å². The van der Waals surface area contributed by atoms with Crippen LogP contribution in [0.5, 0.6) is 0 Å². The van der Waals surface area contributed by atoms with E-state index in [1.54, 1.807) is 54.6 Å². The van der Waals surface area contributed by atoms with E-state index in [1.807, 2.05) is 0 Å². The molecule has 1 saturated carbocycles. The molecule has 0 saturated heterocycles. The number of benzene rings is 2. The number of carbonyl (C=O) groups excluding carboxylic acids is 1. The Morgan fingerprint density at radius 2 is 1.78 bits per heavy atom. The van der Waals surface area contributed by atoms with Gasteiger partial charge in [0.05, 0.1) is 16.0 Å². The number of amides is 1. The maximum absolute atomic E-state index is 14.0. The highest BCUT2D eigenvalue weighted by Gasteiger charge is 2.59. The molecule has 2 heterocycles. The summed E-state index contributed by atoms with van der Waals surface area (Å²) < 4.78 is 28.1. The van der Waals surface area contributed by atoms with Gasteiger partial charge in [0, 0.05) is 35.3 Å². The number of fused-ring (bicyclic) bond motifs is 1. The summed E-state index contributed by atoms with van der Waals surface area (Å²) in [6, 6.07) is 15.1. The molecule has 1 fully saturated rings. The molecule has 0 spiro atoms. The second-order valence-electron chi connectivity index (χ2n) is 7.94. The molecular weight excluding hydrogens is 457 g/mol. The molecule has 1 aliphatic carbocycles. The van der Waals surface area contributed by atoms with Gasteiger partial charge in [-0.1, -0.05) is 41.4 Å². The molecule has 2 N–H and O–H groups in total. The average Bonchev–Trinajstić information content (AvgIpc) is 3.15. The summed E-state index contributed by atoms with van der Waals surface area (Å²) in [5.41, 5.74) is 1.67. The van der Waals surface area contributed by atoms with E-state index in [9.17, 15) is 13.6 Å². The van der Waals surface area contributed by atoms with Crippen LogP contribution in [-0.2, 0) is 5.41 Å². The van der Waals surface area contributed by atoms with Gasteiger partial charge in [-0.2, -0.15) is 0 Å². The van der Waals surface area contributed by atoms with Gasteiger partial charge in [0.2, 0.25) is 0 Å². The van der Waals surface area contributed by atoms with Crippen molar-refractivity contribution in [2.75, 3.05) is 5.32 Å². The first-order chi connectivity index (χ1) is 15.2. The van der Waals surface area contributed by atoms with Crippen molar-refractivity contribution >= 4 is 46.0 Å². The molecule has 0 radical (unpaired) electrons. The number of aromatic nitrogens is 3. The molecule has 5 nitrogen and oxygen atoms in total. The second kappa shape index (κ2) is 7.53. The number of halogens is 4. The summed E-state index contributed by atoms with van der Waals surface area (Å²) in [5, 5.41) is 3.68. The summed E-state index contributed by atoms with van der Waals surface area (Å²) in [4.78, 5) is 24.2. The van der Waals surface area contributed by atoms with Crippen LogP contribution in [0.15, 0.2) is 60.8 Å². The van der Waals surface area contributed by atoms with E-state index in [-0.39, 0.29) is 18.7 Å². The highest BCUT2D eigenvalue weighted by atomic mass is 35.5. The Morgan fingerprint density at radius 3 is 2.47 bits per heavy atom. The number of alkyl halides is 2. The van der Waals surface area contributed by atoms with Crippen LogP contribution < -0.4 is 5.32 Å². The minimum Gasteiger partial charge on any atom is -0.340 e. The van der Waals surface area contributed by atoms with Gasteiger partial charge in [0.1, 0.15) is 5.82 Å². The third-order valence-corrected chi connectivity index (χ3v) is 6.10. The minimum absolute atomic E-state index is 0.314. The maximum atomic E-state index is 14.0. The predicted molar refractivity (Wildman–Crippen MR) is 120 cm³/mol. The van der Waals surface area contributed by atoms with E-state index in [1.165, 1.54) is 6.20 Å². The average molecular weight is 473 g/mol. The molecule has 2 aromatic heterocycles. The van der Waals surface area contributed by atoms with Crippen molar-refractivity contribution in [2.45, 2.75) is 24.2 Å². The van der Waals surface area contributed by atoms with E-state index < -0.39 is 11.3 Å². The van der Waals surface area contributed by atoms with Gasteiger partial charge in [-0.3, -0.25) is 4.79 Å². The maximum Gasteiger partial charge on any atom is 0.255 e. The number of hydrogen-bond acceptors (Lipinski definition) is 3. The Hall–Kier alpha value is -3.03. The van der Waals surface area contributed by atoms with Crippen molar-refractivity contribution < 1.29 is 13.6 Å². The third kappa shape index (κ3) is 3.72. The molecule has 162 valence electrons. The lowest BCUT2D eigenvalue weighted by Crippen LogP contribution is -2.50. The minimum atomic E-state index is -2.79. The first kappa shape index (κ1) is 20.8. The third-order valence-electron chi connectivity index (χ3n) is 5.66. The van der Waals surface area contributed by atoms with Crippen LogP contribution in [0.25, 0.3) is 11.2 Å². The van der Waals surface area contributed by atoms with Crippen molar-refractivity contribution in [1.82, 2.24) is 15.0 Å². The standard InChI is InChI=1S/C23H16Cl2F2N4O/c24-15-3-1-2-13(8-15)20(32)29-17-6-4-14(5-7-17)22(11-23(26,27)12-22)21-30-18-9-16(25)10-28-19(18)31-21/h1-10H,11-12H2,(H,29,32)(H,28,30,31). The zero-order chi connectivity index (χ0) is 22.5. The number of imidazole rings is 1. The number of H-pyrrole nitrogens is 1. The van der Waals surface area contributed by atoms with Crippen LogP contribution in [0.4, 0.5) is 14.5 Å². The second-order valence-corrected chi connectivity index (χ2v) is 8.82. The van der Waals surface area contributed by atoms with Crippen LogP contribution in [0.2, 0.25) is 10.0 Å². The number of nitrogens with one attached hydrogen (secondary N) is 2. The lowest BCUT2D eigenvalue weighted by molar-refractivity contribution is -0.115. The largest absolute Gasteiger partial charge is 0.340 e. The van der Waals surface area contributed by atoms with Crippen LogP contribution in [0, 0.1) is 0 Å². The first-order valence-electron chi connectivity index (χ1n) is 9.81. The zero-order valence-electron chi connectivity index (χ0n) is 16.5. The Morgan fingerprint density at radius 1 is 1.03 bits per heavy atom. The topological polar surface area (TPSA) is 70.7 Å². The summed E-state index contributed by atoms with van der Waals surface area (Å²) in [6.45, 7) is 0. The molecule has 0 atom stereocenters. The van der Waals surface area contributed by atoms with Crippen LogP contribution >= 0.6 is 23.2 Å². The number of anilines is 1. The number of aromatic amines is 1. The fourth-order valence-electron chi connectivity index (χ4n) is 4.15. The van der Waals surface area contributed by atoms with Gasteiger partial charge in [0.15, 0.2) is 5.65 Å². The first-order valence-corrected chi connectivity index (χ1v) is 10.6. The van der Waals surface area contributed by atoms with Crippen LogP contribution in [0.3, 0.4) is 0 Å². The molecule has 5 rings (SSSR count). The normalized spacial score (nSPS) is 16.5. The molecule has 32 heavy (non-hydrogen) atoms. The summed E-state index contributed by atoms with van der Waals surface area (Å²) in [7, 11) is 0. The van der Waals surface area contributed by atoms with E-state index >= 15 is 0 Å². The highest BCUT2D eigenvalue weighted by Crippen LogP contribution is 2.56. The van der Waals surface area contributed by atoms with E-state index in [4.69, 9.17) is 23.2 Å². The number of carbonyl (C=O) groups is 1. The molecule has 0 unspecified atom stereocenters. The molecular formula is C23H16Cl2F2N4O. The molecule has 4 aromatic rings. The number of hydrogen-bond donors (Lipinski definition) is 2. The van der Waals surface area contributed by atoms with Crippen molar-refractivity contribution in [3.05, 3.63) is 87.8 Å². The van der Waals surface area contributed by atoms with Gasteiger partial charge < -0.3 is 10.3 Å². The van der Waals surface area contributed by atoms with Crippen LogP contribution in [-0.4, -0.2) is 26.8 Å². The van der Waals surface area contributed by atoms with Crippen LogP contribution in [0.1, 0.15) is 34.6 Å². The molecule has 2 aromatic carbocycles. The Labute approximate surface area is 191 Å². The highest BCUT2D eigenvalue weighted by molar-refractivity contribution is 6.31. The lowest BCUT2D eigenvalue weighted by atomic mass is 9.61. The number of pyridine rings is 1. The fourth-order valence-corrected chi connectivity index (χ4v) is 4.49. The quantitative estimate of drug-likeness (QED) is 0.369. The monoisotopic (exact) mass is 472 g/mol. The van der Waals surface area contributed by atoms with Crippen molar-refractivity contribution in [1.29, 1.82) is 0 Å². The van der Waals surface area contributed by atoms with Gasteiger partial charge in [-0.25, -0.2) is 18.7 Å². The van der Waals surface area contributed by atoms with Gasteiger partial charge in [-0.15, -0.1) is 0 Å². The number of rotatable bonds is 4. The van der Waals surface area contributed by atoms with Gasteiger partial charge >= 0.3 is 0 Å². The summed E-state index contributed by atoms with van der Waals surface area (Å²) >= 11 is 11.9. The fraction of sp³-hybridized carbons (Fsp3) is 0.174. The molecule has 1 amide bonds.